The molecule has 2 aromatic heterocycles. The van der Waals surface area contributed by atoms with E-state index in [4.69, 9.17) is 4.74 Å². The number of hydrazine groups is 2. The summed E-state index contributed by atoms with van der Waals surface area (Å²) in [5.74, 6) is -3.95. The van der Waals surface area contributed by atoms with Gasteiger partial charge in [0.15, 0.2) is 0 Å². The zero-order valence-electron chi connectivity index (χ0n) is 20.7. The third kappa shape index (κ3) is 4.42. The number of amides is 6. The Morgan fingerprint density at radius 3 is 1.29 bits per heavy atom. The summed E-state index contributed by atoms with van der Waals surface area (Å²) in [6, 6.07) is 14.0. The van der Waals surface area contributed by atoms with Gasteiger partial charge in [-0.3, -0.25) is 49.6 Å². The highest BCUT2D eigenvalue weighted by Crippen LogP contribution is 2.32. The molecule has 0 radical (unpaired) electrons. The van der Waals surface area contributed by atoms with E-state index in [0.717, 1.165) is 0 Å². The van der Waals surface area contributed by atoms with Gasteiger partial charge < -0.3 is 4.74 Å². The number of aromatic nitrogens is 2. The smallest absolute Gasteiger partial charge is 0.280 e. The van der Waals surface area contributed by atoms with Crippen molar-refractivity contribution in [3.8, 4) is 11.5 Å². The fraction of sp³-hybridized carbons (Fsp3) is 0. The van der Waals surface area contributed by atoms with Crippen LogP contribution >= 0.6 is 0 Å². The van der Waals surface area contributed by atoms with Gasteiger partial charge in [0.25, 0.3) is 35.4 Å². The van der Waals surface area contributed by atoms with Gasteiger partial charge in [0.1, 0.15) is 11.5 Å². The van der Waals surface area contributed by atoms with Crippen LogP contribution in [0, 0.1) is 0 Å². The fourth-order valence-electron chi connectivity index (χ4n) is 4.24. The number of hydrogen-bond acceptors (Lipinski definition) is 9. The molecule has 0 fully saturated rings. The first-order valence-corrected chi connectivity index (χ1v) is 12.0. The van der Waals surface area contributed by atoms with Crippen molar-refractivity contribution in [3.05, 3.63) is 119 Å². The summed E-state index contributed by atoms with van der Waals surface area (Å²) < 4.78 is 5.81. The summed E-state index contributed by atoms with van der Waals surface area (Å²) in [6.07, 6.45) is 5.61. The molecule has 41 heavy (non-hydrogen) atoms. The van der Waals surface area contributed by atoms with Crippen LogP contribution in [0.2, 0.25) is 0 Å². The molecule has 0 aliphatic carbocycles. The molecule has 13 nitrogen and oxygen atoms in total. The Morgan fingerprint density at radius 1 is 0.537 bits per heavy atom. The van der Waals surface area contributed by atoms with Crippen molar-refractivity contribution in [3.63, 3.8) is 0 Å². The number of benzene rings is 2. The molecule has 2 N–H and O–H groups in total. The van der Waals surface area contributed by atoms with Crippen LogP contribution in [0.1, 0.15) is 62.1 Å². The maximum absolute atomic E-state index is 12.9. The summed E-state index contributed by atoms with van der Waals surface area (Å²) in [7, 11) is 0. The molecule has 2 aliphatic heterocycles. The number of hydrogen-bond donors (Lipinski definition) is 2. The number of pyridine rings is 2. The fourth-order valence-corrected chi connectivity index (χ4v) is 4.24. The molecule has 0 saturated carbocycles. The van der Waals surface area contributed by atoms with Gasteiger partial charge in [-0.15, -0.1) is 0 Å². The highest BCUT2D eigenvalue weighted by atomic mass is 16.5. The van der Waals surface area contributed by atoms with E-state index < -0.39 is 35.4 Å². The molecule has 6 amide bonds. The van der Waals surface area contributed by atoms with Gasteiger partial charge >= 0.3 is 0 Å². The van der Waals surface area contributed by atoms with Gasteiger partial charge in [-0.25, -0.2) is 0 Å². The number of carbonyl (C=O) groups is 6. The SMILES string of the molecule is O=C(NN1C(=O)c2ccc(Oc3ccc4c(c3)C(=O)N(NC(=O)c3ccncc3)C4=O)cc2C1=O)c1ccncc1. The van der Waals surface area contributed by atoms with E-state index in [1.165, 1.54) is 85.5 Å². The van der Waals surface area contributed by atoms with Gasteiger partial charge in [-0.2, -0.15) is 10.0 Å². The molecule has 4 aromatic rings. The molecule has 2 aromatic carbocycles. The van der Waals surface area contributed by atoms with Gasteiger partial charge in [-0.1, -0.05) is 0 Å². The minimum absolute atomic E-state index is 0.0000537. The predicted molar refractivity (Wildman–Crippen MR) is 137 cm³/mol. The normalized spacial score (nSPS) is 13.7. The Balaban J connectivity index is 1.18. The summed E-state index contributed by atoms with van der Waals surface area (Å²) in [4.78, 5) is 84.0. The Labute approximate surface area is 230 Å². The highest BCUT2D eigenvalue weighted by molar-refractivity contribution is 6.23. The molecule has 13 heteroatoms. The van der Waals surface area contributed by atoms with Crippen LogP contribution < -0.4 is 15.6 Å². The van der Waals surface area contributed by atoms with E-state index in [1.54, 1.807) is 0 Å². The Kier molecular flexibility index (Phi) is 6.00. The monoisotopic (exact) mass is 548 g/mol. The Morgan fingerprint density at radius 2 is 0.902 bits per heavy atom. The summed E-state index contributed by atoms with van der Waals surface area (Å²) in [5.41, 5.74) is 5.13. The zero-order valence-corrected chi connectivity index (χ0v) is 20.7. The Hall–Kier alpha value is -6.24. The summed E-state index contributed by atoms with van der Waals surface area (Å²) in [5, 5.41) is 1.23. The lowest BCUT2D eigenvalue weighted by molar-refractivity contribution is 0.0513. The first-order chi connectivity index (χ1) is 19.8. The molecule has 0 spiro atoms. The molecule has 0 unspecified atom stereocenters. The van der Waals surface area contributed by atoms with Gasteiger partial charge in [0, 0.05) is 35.9 Å². The third-order valence-electron chi connectivity index (χ3n) is 6.26. The second-order valence-corrected chi connectivity index (χ2v) is 8.76. The summed E-state index contributed by atoms with van der Waals surface area (Å²) >= 11 is 0. The van der Waals surface area contributed by atoms with Crippen molar-refractivity contribution < 1.29 is 33.5 Å². The second-order valence-electron chi connectivity index (χ2n) is 8.76. The van der Waals surface area contributed by atoms with E-state index in [-0.39, 0.29) is 44.9 Å². The zero-order chi connectivity index (χ0) is 28.7. The molecule has 4 heterocycles. The van der Waals surface area contributed by atoms with Crippen LogP contribution in [0.3, 0.4) is 0 Å². The molecule has 2 aliphatic rings. The van der Waals surface area contributed by atoms with Gasteiger partial charge in [0.05, 0.1) is 22.3 Å². The first-order valence-electron chi connectivity index (χ1n) is 12.0. The van der Waals surface area contributed by atoms with Crippen molar-refractivity contribution >= 4 is 35.4 Å². The van der Waals surface area contributed by atoms with Crippen molar-refractivity contribution in [1.29, 1.82) is 0 Å². The van der Waals surface area contributed by atoms with Gasteiger partial charge in [-0.05, 0) is 60.7 Å². The minimum atomic E-state index is -0.756. The Bertz CT molecular complexity index is 1660. The number of nitrogens with one attached hydrogen (secondary N) is 2. The van der Waals surface area contributed by atoms with Gasteiger partial charge in [0.2, 0.25) is 0 Å². The third-order valence-corrected chi connectivity index (χ3v) is 6.26. The number of fused-ring (bicyclic) bond motifs is 2. The molecule has 0 saturated heterocycles. The molecule has 0 bridgehead atoms. The van der Waals surface area contributed by atoms with Crippen LogP contribution in [0.25, 0.3) is 0 Å². The largest absolute Gasteiger partial charge is 0.457 e. The van der Waals surface area contributed by atoms with Crippen molar-refractivity contribution in [2.75, 3.05) is 0 Å². The number of carbonyl (C=O) groups excluding carboxylic acids is 6. The average Bonchev–Trinajstić information content (AvgIpc) is 3.37. The lowest BCUT2D eigenvalue weighted by Crippen LogP contribution is -2.45. The van der Waals surface area contributed by atoms with Crippen LogP contribution in [0.4, 0.5) is 0 Å². The van der Waals surface area contributed by atoms with E-state index in [1.807, 2.05) is 0 Å². The van der Waals surface area contributed by atoms with Crippen molar-refractivity contribution in [1.82, 2.24) is 30.8 Å². The van der Waals surface area contributed by atoms with Crippen LogP contribution in [-0.4, -0.2) is 55.4 Å². The number of imide groups is 2. The number of nitrogens with zero attached hydrogens (tertiary/aromatic N) is 4. The number of ether oxygens (including phenoxy) is 1. The maximum Gasteiger partial charge on any atom is 0.280 e. The lowest BCUT2D eigenvalue weighted by Gasteiger charge is -2.14. The van der Waals surface area contributed by atoms with E-state index >= 15 is 0 Å². The quantitative estimate of drug-likeness (QED) is 0.343. The van der Waals surface area contributed by atoms with Crippen molar-refractivity contribution in [2.24, 2.45) is 0 Å². The topological polar surface area (TPSA) is 168 Å². The first kappa shape index (κ1) is 25.1. The van der Waals surface area contributed by atoms with Crippen LogP contribution in [-0.2, 0) is 0 Å². The second kappa shape index (κ2) is 9.81. The van der Waals surface area contributed by atoms with E-state index in [0.29, 0.717) is 10.0 Å². The highest BCUT2D eigenvalue weighted by Gasteiger charge is 2.39. The molecular formula is C28H16N6O7. The van der Waals surface area contributed by atoms with E-state index in [2.05, 4.69) is 20.8 Å². The van der Waals surface area contributed by atoms with Crippen LogP contribution in [0.15, 0.2) is 85.5 Å². The molecule has 0 atom stereocenters. The average molecular weight is 548 g/mol. The van der Waals surface area contributed by atoms with E-state index in [9.17, 15) is 28.8 Å². The van der Waals surface area contributed by atoms with Crippen molar-refractivity contribution in [2.45, 2.75) is 0 Å². The predicted octanol–water partition coefficient (Wildman–Crippen LogP) is 2.15. The standard InChI is InChI=1S/C28H16N6O7/c35-23(15-5-9-29-10-6-15)31-33-25(37)19-3-1-17(13-21(19)27(33)39)41-18-2-4-20-22(14-18)28(40)34(26(20)38)32-24(36)16-7-11-30-12-8-16/h1-14H,(H,31,35)(H,32,36). The molecule has 200 valence electrons. The summed E-state index contributed by atoms with van der Waals surface area (Å²) in [6.45, 7) is 0. The lowest BCUT2D eigenvalue weighted by atomic mass is 10.1. The molecular weight excluding hydrogens is 532 g/mol. The minimum Gasteiger partial charge on any atom is -0.457 e. The molecule has 6 rings (SSSR count). The van der Waals surface area contributed by atoms with Crippen LogP contribution in [0.5, 0.6) is 11.5 Å². The maximum atomic E-state index is 12.9. The number of rotatable bonds is 6.